The molecular weight excluding hydrogens is 403 g/mol. The number of nitrogens with zero attached hydrogens (tertiary/aromatic N) is 2. The minimum absolute atomic E-state index is 0.282. The average molecular weight is 426 g/mol. The van der Waals surface area contributed by atoms with E-state index in [0.29, 0.717) is 37.1 Å². The number of hydrogen-bond donors (Lipinski definition) is 3. The van der Waals surface area contributed by atoms with E-state index in [9.17, 15) is 13.2 Å². The zero-order valence-electron chi connectivity index (χ0n) is 16.0. The van der Waals surface area contributed by atoms with Gasteiger partial charge in [0.25, 0.3) is 0 Å². The van der Waals surface area contributed by atoms with Gasteiger partial charge in [-0.25, -0.2) is 4.98 Å². The molecule has 0 aliphatic heterocycles. The van der Waals surface area contributed by atoms with Gasteiger partial charge in [0, 0.05) is 19.3 Å². The number of alkyl halides is 3. The van der Waals surface area contributed by atoms with E-state index in [1.807, 2.05) is 6.07 Å². The second kappa shape index (κ2) is 9.45. The zero-order valence-corrected chi connectivity index (χ0v) is 16.7. The maximum Gasteiger partial charge on any atom is 0.417 e. The summed E-state index contributed by atoms with van der Waals surface area (Å²) in [6.07, 6.45) is 0.953. The van der Waals surface area contributed by atoms with Gasteiger partial charge in [0.1, 0.15) is 0 Å². The summed E-state index contributed by atoms with van der Waals surface area (Å²) in [5.41, 5.74) is 1.46. The van der Waals surface area contributed by atoms with Crippen LogP contribution in [0.2, 0.25) is 5.02 Å². The Labute approximate surface area is 172 Å². The van der Waals surface area contributed by atoms with E-state index < -0.39 is 11.7 Å². The van der Waals surface area contributed by atoms with Gasteiger partial charge in [-0.15, -0.1) is 0 Å². The lowest BCUT2D eigenvalue weighted by atomic mass is 10.0. The van der Waals surface area contributed by atoms with Gasteiger partial charge in [0.15, 0.2) is 0 Å². The summed E-state index contributed by atoms with van der Waals surface area (Å²) in [4.78, 5) is 11.7. The third kappa shape index (κ3) is 5.83. The van der Waals surface area contributed by atoms with E-state index in [2.05, 4.69) is 32.5 Å². The number of aromatic nitrogens is 3. The second-order valence-corrected chi connectivity index (χ2v) is 7.36. The van der Waals surface area contributed by atoms with Crippen LogP contribution in [0.1, 0.15) is 30.9 Å². The van der Waals surface area contributed by atoms with Crippen molar-refractivity contribution in [2.45, 2.75) is 32.5 Å². The minimum Gasteiger partial charge on any atom is -0.355 e. The molecule has 3 N–H and O–H groups in total. The molecule has 0 bridgehead atoms. The van der Waals surface area contributed by atoms with E-state index in [1.165, 1.54) is 6.07 Å². The van der Waals surface area contributed by atoms with Crippen LogP contribution >= 0.6 is 11.6 Å². The first-order valence-corrected chi connectivity index (χ1v) is 9.84. The Hall–Kier alpha value is -2.32. The fourth-order valence-electron chi connectivity index (χ4n) is 3.19. The van der Waals surface area contributed by atoms with Crippen molar-refractivity contribution < 1.29 is 13.2 Å². The molecule has 2 heterocycles. The first kappa shape index (κ1) is 21.4. The Morgan fingerprint density at radius 2 is 2.03 bits per heavy atom. The summed E-state index contributed by atoms with van der Waals surface area (Å²) < 4.78 is 39.0. The highest BCUT2D eigenvalue weighted by Crippen LogP contribution is 2.35. The number of pyridine rings is 1. The predicted molar refractivity (Wildman–Crippen MR) is 109 cm³/mol. The van der Waals surface area contributed by atoms with E-state index in [0.717, 1.165) is 29.9 Å². The van der Waals surface area contributed by atoms with Gasteiger partial charge in [-0.3, -0.25) is 4.98 Å². The molecule has 2 aromatic heterocycles. The van der Waals surface area contributed by atoms with Gasteiger partial charge in [0.05, 0.1) is 27.8 Å². The fourth-order valence-corrected chi connectivity index (χ4v) is 3.41. The van der Waals surface area contributed by atoms with E-state index >= 15 is 0 Å². The van der Waals surface area contributed by atoms with Crippen LogP contribution in [0.5, 0.6) is 0 Å². The molecule has 9 heteroatoms. The maximum absolute atomic E-state index is 13.0. The smallest absolute Gasteiger partial charge is 0.355 e. The highest BCUT2D eigenvalue weighted by Gasteiger charge is 2.33. The Morgan fingerprint density at radius 3 is 2.76 bits per heavy atom. The topological polar surface area (TPSA) is 65.6 Å². The summed E-state index contributed by atoms with van der Waals surface area (Å²) in [5, 5.41) is 6.28. The van der Waals surface area contributed by atoms with Crippen molar-refractivity contribution in [1.29, 1.82) is 0 Å². The summed E-state index contributed by atoms with van der Waals surface area (Å²) in [6, 6.07) is 5.84. The highest BCUT2D eigenvalue weighted by molar-refractivity contribution is 6.31. The minimum atomic E-state index is -4.45. The van der Waals surface area contributed by atoms with Crippen molar-refractivity contribution >= 4 is 28.6 Å². The largest absolute Gasteiger partial charge is 0.417 e. The molecule has 1 unspecified atom stereocenters. The molecule has 0 aliphatic rings. The molecule has 5 nitrogen and oxygen atoms in total. The Bertz CT molecular complexity index is 908. The summed E-state index contributed by atoms with van der Waals surface area (Å²) >= 11 is 5.67. The molecular formula is C20H23ClF3N5. The fraction of sp³-hybridized carbons (Fsp3) is 0.400. The number of halogens is 4. The third-order valence-corrected chi connectivity index (χ3v) is 4.97. The van der Waals surface area contributed by atoms with Gasteiger partial charge in [0.2, 0.25) is 5.95 Å². The number of aromatic amines is 1. The molecule has 0 radical (unpaired) electrons. The van der Waals surface area contributed by atoms with E-state index in [1.54, 1.807) is 18.5 Å². The number of fused-ring (bicyclic) bond motifs is 1. The summed E-state index contributed by atoms with van der Waals surface area (Å²) in [5.74, 6) is 0.988. The molecule has 0 aliphatic carbocycles. The number of benzene rings is 1. The van der Waals surface area contributed by atoms with Gasteiger partial charge < -0.3 is 15.6 Å². The lowest BCUT2D eigenvalue weighted by molar-refractivity contribution is -0.137. The van der Waals surface area contributed by atoms with Gasteiger partial charge in [-0.1, -0.05) is 31.0 Å². The molecule has 0 saturated carbocycles. The molecule has 0 saturated heterocycles. The number of hydrogen-bond acceptors (Lipinski definition) is 4. The van der Waals surface area contributed by atoms with Crippen LogP contribution in [0.25, 0.3) is 11.0 Å². The van der Waals surface area contributed by atoms with Gasteiger partial charge in [-0.05, 0) is 42.6 Å². The molecule has 0 spiro atoms. The molecule has 3 aromatic rings. The first-order chi connectivity index (χ1) is 13.9. The Morgan fingerprint density at radius 1 is 1.21 bits per heavy atom. The quantitative estimate of drug-likeness (QED) is 0.438. The monoisotopic (exact) mass is 425 g/mol. The molecule has 1 aromatic carbocycles. The Kier molecular flexibility index (Phi) is 6.97. The van der Waals surface area contributed by atoms with Crippen molar-refractivity contribution in [1.82, 2.24) is 20.3 Å². The maximum atomic E-state index is 13.0. The second-order valence-electron chi connectivity index (χ2n) is 6.96. The normalized spacial score (nSPS) is 13.0. The van der Waals surface area contributed by atoms with Crippen LogP contribution in [0, 0.1) is 5.92 Å². The van der Waals surface area contributed by atoms with Crippen LogP contribution in [0.3, 0.4) is 0 Å². The Balaban J connectivity index is 1.54. The average Bonchev–Trinajstić information content (AvgIpc) is 3.09. The number of anilines is 1. The lowest BCUT2D eigenvalue weighted by Crippen LogP contribution is -2.28. The predicted octanol–water partition coefficient (Wildman–Crippen LogP) is 5.25. The molecule has 3 rings (SSSR count). The van der Waals surface area contributed by atoms with Crippen molar-refractivity contribution in [2.75, 3.05) is 18.4 Å². The zero-order chi connectivity index (χ0) is 20.9. The molecule has 156 valence electrons. The third-order valence-electron chi connectivity index (χ3n) is 4.64. The first-order valence-electron chi connectivity index (χ1n) is 9.46. The number of rotatable bonds is 9. The van der Waals surface area contributed by atoms with Gasteiger partial charge in [-0.2, -0.15) is 13.2 Å². The van der Waals surface area contributed by atoms with Crippen molar-refractivity contribution in [3.63, 3.8) is 0 Å². The van der Waals surface area contributed by atoms with Crippen LogP contribution < -0.4 is 10.6 Å². The number of imidazole rings is 1. The summed E-state index contributed by atoms with van der Waals surface area (Å²) in [6.45, 7) is 3.82. The van der Waals surface area contributed by atoms with Crippen LogP contribution in [-0.2, 0) is 12.7 Å². The van der Waals surface area contributed by atoms with Crippen LogP contribution in [0.4, 0.5) is 19.1 Å². The van der Waals surface area contributed by atoms with E-state index in [-0.39, 0.29) is 5.02 Å². The summed E-state index contributed by atoms with van der Waals surface area (Å²) in [7, 11) is 0. The van der Waals surface area contributed by atoms with Gasteiger partial charge >= 0.3 is 6.18 Å². The molecule has 29 heavy (non-hydrogen) atoms. The van der Waals surface area contributed by atoms with Crippen molar-refractivity contribution in [2.24, 2.45) is 5.92 Å². The standard InChI is InChI=1S/C20H23ClF3N5/c1-2-3-14(11-27-19-28-17-6-7-25-12-18(17)29-19)10-26-9-13-4-5-16(21)15(8-13)20(22,23)24/h4-8,12,14,26H,2-3,9-11H2,1H3,(H2,27,28,29). The van der Waals surface area contributed by atoms with Crippen molar-refractivity contribution in [3.05, 3.63) is 52.8 Å². The lowest BCUT2D eigenvalue weighted by Gasteiger charge is -2.18. The molecule has 1 atom stereocenters. The van der Waals surface area contributed by atoms with Crippen LogP contribution in [-0.4, -0.2) is 28.0 Å². The highest BCUT2D eigenvalue weighted by atomic mass is 35.5. The van der Waals surface area contributed by atoms with Crippen LogP contribution in [0.15, 0.2) is 36.7 Å². The number of nitrogens with one attached hydrogen (secondary N) is 3. The number of H-pyrrole nitrogens is 1. The molecule has 0 fully saturated rings. The van der Waals surface area contributed by atoms with E-state index in [4.69, 9.17) is 11.6 Å². The molecule has 0 amide bonds. The van der Waals surface area contributed by atoms with Crippen molar-refractivity contribution in [3.8, 4) is 0 Å². The SMILES string of the molecule is CCCC(CNCc1ccc(Cl)c(C(F)(F)F)c1)CNc1nc2ccncc2[nH]1.